The van der Waals surface area contributed by atoms with Gasteiger partial charge >= 0.3 is 23.9 Å². The van der Waals surface area contributed by atoms with Gasteiger partial charge in [0.2, 0.25) is 0 Å². The zero-order valence-corrected chi connectivity index (χ0v) is 15.6. The number of hydrogen-bond acceptors (Lipinski definition) is 8. The van der Waals surface area contributed by atoms with Crippen LogP contribution in [0.1, 0.15) is 33.1 Å². The van der Waals surface area contributed by atoms with Crippen molar-refractivity contribution < 1.29 is 43.6 Å². The molecule has 0 radical (unpaired) electrons. The fraction of sp³-hybridized carbons (Fsp3) is 0.556. The molecule has 10 nitrogen and oxygen atoms in total. The molecule has 10 heteroatoms. The van der Waals surface area contributed by atoms with E-state index in [1.807, 2.05) is 0 Å². The zero-order valence-electron chi connectivity index (χ0n) is 15.6. The van der Waals surface area contributed by atoms with Crippen molar-refractivity contribution >= 4 is 23.9 Å². The van der Waals surface area contributed by atoms with Gasteiger partial charge in [-0.25, -0.2) is 4.79 Å². The first-order valence-corrected chi connectivity index (χ1v) is 8.77. The number of allylic oxidation sites excluding steroid dienone is 1. The van der Waals surface area contributed by atoms with Crippen molar-refractivity contribution in [1.29, 1.82) is 0 Å². The van der Waals surface area contributed by atoms with Crippen LogP contribution in [0.2, 0.25) is 0 Å². The minimum Gasteiger partial charge on any atom is -0.481 e. The standard InChI is InChI=1S/C18H23NO9/c1-10-13(9-26-15(23)6-5-14(21)22)28-17(16(10)27-11(2)20)19-7-3-4-12(8-19)18(24)25/h3,7-8,10,13,16-17H,4-6,9H2,1-2H3,(H,21,22)(H,24,25)/t10-,13-,16-,17-/m1/s1. The second-order valence-electron chi connectivity index (χ2n) is 6.57. The summed E-state index contributed by atoms with van der Waals surface area (Å²) in [6.45, 7) is 2.88. The molecule has 0 spiro atoms. The van der Waals surface area contributed by atoms with Gasteiger partial charge in [0.05, 0.1) is 18.4 Å². The highest BCUT2D eigenvalue weighted by Gasteiger charge is 2.47. The molecule has 0 saturated carbocycles. The zero-order chi connectivity index (χ0) is 20.8. The van der Waals surface area contributed by atoms with Gasteiger partial charge in [0.1, 0.15) is 12.7 Å². The number of aliphatic carboxylic acids is 2. The van der Waals surface area contributed by atoms with E-state index in [0.717, 1.165) is 0 Å². The van der Waals surface area contributed by atoms with E-state index < -0.39 is 42.3 Å². The second kappa shape index (κ2) is 9.36. The van der Waals surface area contributed by atoms with Gasteiger partial charge in [-0.05, 0) is 0 Å². The number of esters is 2. The fourth-order valence-electron chi connectivity index (χ4n) is 2.97. The SMILES string of the molecule is CC(=O)O[C@@H]1[C@H](C)[C@@H](COC(=O)CCC(=O)O)O[C@H]1N1C=CCC(C(=O)O)=C1. The minimum atomic E-state index is -1.10. The van der Waals surface area contributed by atoms with Gasteiger partial charge in [-0.2, -0.15) is 0 Å². The van der Waals surface area contributed by atoms with Gasteiger partial charge in [0, 0.05) is 31.7 Å². The maximum Gasteiger partial charge on any atom is 0.333 e. The van der Waals surface area contributed by atoms with Gasteiger partial charge in [-0.15, -0.1) is 0 Å². The maximum absolute atomic E-state index is 11.6. The first kappa shape index (κ1) is 21.4. The third kappa shape index (κ3) is 5.56. The number of carboxylic acids is 2. The van der Waals surface area contributed by atoms with E-state index in [4.69, 9.17) is 19.3 Å². The summed E-state index contributed by atoms with van der Waals surface area (Å²) in [6.07, 6.45) is 2.27. The van der Waals surface area contributed by atoms with E-state index in [2.05, 4.69) is 0 Å². The molecule has 0 aliphatic carbocycles. The largest absolute Gasteiger partial charge is 0.481 e. The summed E-state index contributed by atoms with van der Waals surface area (Å²) in [6, 6.07) is 0. The first-order chi connectivity index (χ1) is 13.2. The quantitative estimate of drug-likeness (QED) is 0.567. The summed E-state index contributed by atoms with van der Waals surface area (Å²) in [4.78, 5) is 46.4. The van der Waals surface area contributed by atoms with Crippen molar-refractivity contribution in [3.05, 3.63) is 24.0 Å². The monoisotopic (exact) mass is 397 g/mol. The van der Waals surface area contributed by atoms with E-state index in [9.17, 15) is 24.3 Å². The van der Waals surface area contributed by atoms with Gasteiger partial charge in [-0.3, -0.25) is 14.4 Å². The molecule has 4 atom stereocenters. The lowest BCUT2D eigenvalue weighted by Crippen LogP contribution is -2.40. The van der Waals surface area contributed by atoms with Gasteiger partial charge in [0.25, 0.3) is 0 Å². The van der Waals surface area contributed by atoms with Crippen LogP contribution in [0.15, 0.2) is 24.0 Å². The van der Waals surface area contributed by atoms with Crippen LogP contribution in [0, 0.1) is 5.92 Å². The topological polar surface area (TPSA) is 140 Å². The summed E-state index contributed by atoms with van der Waals surface area (Å²) in [5.41, 5.74) is 0.156. The lowest BCUT2D eigenvalue weighted by molar-refractivity contribution is -0.155. The summed E-state index contributed by atoms with van der Waals surface area (Å²) < 4.78 is 16.3. The van der Waals surface area contributed by atoms with Crippen LogP contribution in [0.25, 0.3) is 0 Å². The highest BCUT2D eigenvalue weighted by atomic mass is 16.6. The molecule has 28 heavy (non-hydrogen) atoms. The smallest absolute Gasteiger partial charge is 0.333 e. The summed E-state index contributed by atoms with van der Waals surface area (Å²) in [5.74, 6) is -3.70. The number of rotatable bonds is 8. The Labute approximate surface area is 161 Å². The molecule has 0 bridgehead atoms. The predicted molar refractivity (Wildman–Crippen MR) is 92.5 cm³/mol. The van der Waals surface area contributed by atoms with Crippen LogP contribution in [-0.4, -0.2) is 64.0 Å². The van der Waals surface area contributed by atoms with Crippen molar-refractivity contribution in [1.82, 2.24) is 4.90 Å². The van der Waals surface area contributed by atoms with Crippen LogP contribution in [0.4, 0.5) is 0 Å². The summed E-state index contributed by atoms with van der Waals surface area (Å²) in [7, 11) is 0. The van der Waals surface area contributed by atoms with Crippen LogP contribution in [0.3, 0.4) is 0 Å². The Kier molecular flexibility index (Phi) is 7.16. The molecule has 1 saturated heterocycles. The van der Waals surface area contributed by atoms with Crippen molar-refractivity contribution in [2.75, 3.05) is 6.61 Å². The number of ether oxygens (including phenoxy) is 3. The third-order valence-corrected chi connectivity index (χ3v) is 4.44. The van der Waals surface area contributed by atoms with E-state index in [1.165, 1.54) is 18.0 Å². The van der Waals surface area contributed by atoms with E-state index in [-0.39, 0.29) is 37.4 Å². The molecule has 2 aliphatic rings. The lowest BCUT2D eigenvalue weighted by atomic mass is 10.00. The van der Waals surface area contributed by atoms with E-state index in [0.29, 0.717) is 0 Å². The maximum atomic E-state index is 11.6. The van der Waals surface area contributed by atoms with Crippen LogP contribution in [0.5, 0.6) is 0 Å². The van der Waals surface area contributed by atoms with Crippen LogP contribution < -0.4 is 0 Å². The van der Waals surface area contributed by atoms with E-state index >= 15 is 0 Å². The molecule has 0 unspecified atom stereocenters. The van der Waals surface area contributed by atoms with Crippen molar-refractivity contribution in [2.24, 2.45) is 5.92 Å². The number of hydrogen-bond donors (Lipinski definition) is 2. The lowest BCUT2D eigenvalue weighted by Gasteiger charge is -2.30. The molecule has 2 N–H and O–H groups in total. The Morgan fingerprint density at radius 1 is 1.25 bits per heavy atom. The number of carboxylic acid groups (broad SMARTS) is 2. The number of carbonyl (C=O) groups is 4. The molecular formula is C18H23NO9. The Morgan fingerprint density at radius 2 is 1.96 bits per heavy atom. The van der Waals surface area contributed by atoms with Crippen molar-refractivity contribution in [3.63, 3.8) is 0 Å². The van der Waals surface area contributed by atoms with Crippen LogP contribution in [-0.2, 0) is 33.4 Å². The molecule has 0 aromatic rings. The predicted octanol–water partition coefficient (Wildman–Crippen LogP) is 0.875. The molecular weight excluding hydrogens is 374 g/mol. The highest BCUT2D eigenvalue weighted by molar-refractivity contribution is 5.87. The van der Waals surface area contributed by atoms with Gasteiger partial charge in [0.15, 0.2) is 12.3 Å². The average molecular weight is 397 g/mol. The minimum absolute atomic E-state index is 0.138. The average Bonchev–Trinajstić information content (AvgIpc) is 2.93. The Balaban J connectivity index is 2.07. The Morgan fingerprint density at radius 3 is 2.57 bits per heavy atom. The van der Waals surface area contributed by atoms with Gasteiger partial charge in [-0.1, -0.05) is 13.0 Å². The van der Waals surface area contributed by atoms with Gasteiger partial charge < -0.3 is 29.3 Å². The second-order valence-corrected chi connectivity index (χ2v) is 6.57. The van der Waals surface area contributed by atoms with Crippen LogP contribution >= 0.6 is 0 Å². The number of nitrogens with zero attached hydrogens (tertiary/aromatic N) is 1. The van der Waals surface area contributed by atoms with Crippen molar-refractivity contribution in [2.45, 2.75) is 51.5 Å². The third-order valence-electron chi connectivity index (χ3n) is 4.44. The summed E-state index contributed by atoms with van der Waals surface area (Å²) in [5, 5.41) is 17.8. The molecule has 0 amide bonds. The molecule has 0 aromatic heterocycles. The molecule has 1 fully saturated rings. The van der Waals surface area contributed by atoms with Crippen molar-refractivity contribution in [3.8, 4) is 0 Å². The first-order valence-electron chi connectivity index (χ1n) is 8.77. The van der Waals surface area contributed by atoms with E-state index in [1.54, 1.807) is 19.2 Å². The summed E-state index contributed by atoms with van der Waals surface area (Å²) >= 11 is 0. The Hall–Kier alpha value is -2.88. The normalized spacial score (nSPS) is 26.5. The number of carbonyl (C=O) groups excluding carboxylic acids is 2. The fourth-order valence-corrected chi connectivity index (χ4v) is 2.97. The molecule has 0 aromatic carbocycles. The molecule has 2 rings (SSSR count). The molecule has 154 valence electrons. The highest BCUT2D eigenvalue weighted by Crippen LogP contribution is 2.33. The Bertz CT molecular complexity index is 699. The molecule has 2 aliphatic heterocycles. The molecule has 2 heterocycles.